The third-order valence-electron chi connectivity index (χ3n) is 3.71. The van der Waals surface area contributed by atoms with Gasteiger partial charge in [0.05, 0.1) is 0 Å². The molecule has 4 aromatic carbocycles. The van der Waals surface area contributed by atoms with Crippen LogP contribution >= 0.6 is 7.92 Å². The van der Waals surface area contributed by atoms with E-state index in [2.05, 4.69) is 104 Å². The SMILES string of the molecule is [C-]#[O+].[C-]#[O+].[Cr].c1ccc(P(c2ccccc2)c2ccccc2)cc1.c1ccccc1. The van der Waals surface area contributed by atoms with Gasteiger partial charge in [-0.1, -0.05) is 127 Å². The Bertz CT molecular complexity index is 801. The van der Waals surface area contributed by atoms with Crippen molar-refractivity contribution >= 4 is 23.8 Å². The first-order valence-corrected chi connectivity index (χ1v) is 10.2. The van der Waals surface area contributed by atoms with E-state index in [0.29, 0.717) is 0 Å². The van der Waals surface area contributed by atoms with E-state index in [0.717, 1.165) is 0 Å². The fourth-order valence-electron chi connectivity index (χ4n) is 2.56. The first-order chi connectivity index (χ1) is 14.4. The molecule has 0 amide bonds. The van der Waals surface area contributed by atoms with E-state index in [1.54, 1.807) is 0 Å². The summed E-state index contributed by atoms with van der Waals surface area (Å²) in [5.74, 6) is 0. The van der Waals surface area contributed by atoms with Crippen molar-refractivity contribution in [2.45, 2.75) is 0 Å². The minimum Gasteiger partial charge on any atom is -0.0623 e. The Morgan fingerprint density at radius 3 is 0.733 bits per heavy atom. The second-order valence-electron chi connectivity index (χ2n) is 5.50. The zero-order valence-corrected chi connectivity index (χ0v) is 18.5. The first kappa shape index (κ1) is 27.3. The summed E-state index contributed by atoms with van der Waals surface area (Å²) in [6.45, 7) is 9.00. The van der Waals surface area contributed by atoms with Gasteiger partial charge in [-0.15, -0.1) is 0 Å². The number of hydrogen-bond acceptors (Lipinski definition) is 0. The van der Waals surface area contributed by atoms with Crippen molar-refractivity contribution in [1.82, 2.24) is 0 Å². The summed E-state index contributed by atoms with van der Waals surface area (Å²) >= 11 is 0. The summed E-state index contributed by atoms with van der Waals surface area (Å²) in [4.78, 5) is 0. The normalized spacial score (nSPS) is 8.43. The predicted molar refractivity (Wildman–Crippen MR) is 119 cm³/mol. The summed E-state index contributed by atoms with van der Waals surface area (Å²) in [5.41, 5.74) is 0. The Balaban J connectivity index is 0.000000647. The van der Waals surface area contributed by atoms with Crippen LogP contribution in [0.5, 0.6) is 0 Å². The van der Waals surface area contributed by atoms with Gasteiger partial charge in [-0.2, -0.15) is 0 Å². The molecule has 0 heterocycles. The van der Waals surface area contributed by atoms with Crippen LogP contribution in [0.2, 0.25) is 0 Å². The Morgan fingerprint density at radius 1 is 0.367 bits per heavy atom. The maximum Gasteiger partial charge on any atom is 0 e. The fourth-order valence-corrected chi connectivity index (χ4v) is 4.87. The zero-order valence-electron chi connectivity index (χ0n) is 16.3. The van der Waals surface area contributed by atoms with Gasteiger partial charge in [-0.3, -0.25) is 0 Å². The molecular weight excluding hydrogens is 427 g/mol. The molecule has 0 spiro atoms. The molecule has 0 bridgehead atoms. The monoisotopic (exact) mass is 448 g/mol. The second-order valence-corrected chi connectivity index (χ2v) is 7.72. The summed E-state index contributed by atoms with van der Waals surface area (Å²) in [5, 5.41) is 4.19. The van der Waals surface area contributed by atoms with Crippen molar-refractivity contribution in [2.75, 3.05) is 0 Å². The van der Waals surface area contributed by atoms with Crippen LogP contribution in [0.1, 0.15) is 0 Å². The van der Waals surface area contributed by atoms with E-state index in [9.17, 15) is 0 Å². The number of rotatable bonds is 3. The van der Waals surface area contributed by atoms with Gasteiger partial charge in [0.2, 0.25) is 0 Å². The standard InChI is InChI=1S/C18H15P.C6H6.2CO.Cr/c1-4-10-16(11-5-1)19(17-12-6-2-7-13-17)18-14-8-3-9-15-18;1-2-4-6-5-3-1;2*1-2;/h1-15H;1-6H;;;. The zero-order chi connectivity index (χ0) is 21.2. The molecule has 4 rings (SSSR count). The van der Waals surface area contributed by atoms with Crippen LogP contribution in [0.4, 0.5) is 0 Å². The third kappa shape index (κ3) is 9.69. The largest absolute Gasteiger partial charge is 0.0623 e. The molecule has 0 aliphatic rings. The average molecular weight is 448 g/mol. The maximum absolute atomic E-state index is 7.50. The molecule has 0 N–H and O–H groups in total. The van der Waals surface area contributed by atoms with Crippen molar-refractivity contribution in [3.05, 3.63) is 141 Å². The molecular formula is C26H21CrO2P. The van der Waals surface area contributed by atoms with Crippen LogP contribution in [0, 0.1) is 13.3 Å². The molecule has 0 unspecified atom stereocenters. The fraction of sp³-hybridized carbons (Fsp3) is 0. The van der Waals surface area contributed by atoms with Gasteiger partial charge in [0, 0.05) is 17.4 Å². The molecule has 0 aromatic heterocycles. The molecule has 30 heavy (non-hydrogen) atoms. The van der Waals surface area contributed by atoms with Crippen molar-refractivity contribution in [3.63, 3.8) is 0 Å². The van der Waals surface area contributed by atoms with E-state index < -0.39 is 7.92 Å². The van der Waals surface area contributed by atoms with Crippen LogP contribution in [0.3, 0.4) is 0 Å². The van der Waals surface area contributed by atoms with E-state index in [1.807, 2.05) is 36.4 Å². The Kier molecular flexibility index (Phi) is 16.7. The van der Waals surface area contributed by atoms with Gasteiger partial charge in [0.25, 0.3) is 0 Å². The summed E-state index contributed by atoms with van der Waals surface area (Å²) < 4.78 is 15.0. The van der Waals surface area contributed by atoms with Crippen molar-refractivity contribution in [3.8, 4) is 0 Å². The maximum atomic E-state index is 7.50. The molecule has 0 saturated carbocycles. The Hall–Kier alpha value is -2.68. The van der Waals surface area contributed by atoms with Gasteiger partial charge < -0.3 is 0 Å². The topological polar surface area (TPSA) is 39.8 Å². The Morgan fingerprint density at radius 2 is 0.533 bits per heavy atom. The van der Waals surface area contributed by atoms with Crippen LogP contribution in [-0.2, 0) is 26.7 Å². The minimum atomic E-state index is -0.446. The van der Waals surface area contributed by atoms with Crippen molar-refractivity contribution in [1.29, 1.82) is 0 Å². The molecule has 148 valence electrons. The molecule has 0 saturated heterocycles. The molecule has 4 heteroatoms. The van der Waals surface area contributed by atoms with Crippen LogP contribution in [0.15, 0.2) is 127 Å². The molecule has 0 atom stereocenters. The number of benzene rings is 4. The van der Waals surface area contributed by atoms with E-state index >= 15 is 0 Å². The predicted octanol–water partition coefficient (Wildman–Crippen LogP) is 5.05. The summed E-state index contributed by atoms with van der Waals surface area (Å²) in [6.07, 6.45) is 0. The van der Waals surface area contributed by atoms with E-state index in [-0.39, 0.29) is 17.4 Å². The van der Waals surface area contributed by atoms with Gasteiger partial charge in [-0.05, 0) is 23.8 Å². The minimum absolute atomic E-state index is 0. The van der Waals surface area contributed by atoms with E-state index in [4.69, 9.17) is 9.30 Å². The van der Waals surface area contributed by atoms with Gasteiger partial charge in [-0.25, -0.2) is 0 Å². The van der Waals surface area contributed by atoms with Crippen molar-refractivity contribution in [2.24, 2.45) is 0 Å². The molecule has 0 radical (unpaired) electrons. The Labute approximate surface area is 190 Å². The summed E-state index contributed by atoms with van der Waals surface area (Å²) in [6, 6.07) is 44.3. The van der Waals surface area contributed by atoms with Crippen LogP contribution < -0.4 is 15.9 Å². The van der Waals surface area contributed by atoms with Crippen LogP contribution in [0.25, 0.3) is 0 Å². The average Bonchev–Trinajstić information content (AvgIpc) is 2.85. The van der Waals surface area contributed by atoms with Gasteiger partial charge >= 0.3 is 22.6 Å². The molecule has 4 aromatic rings. The second kappa shape index (κ2) is 18.4. The molecule has 2 nitrogen and oxygen atoms in total. The smallest absolute Gasteiger partial charge is 0 e. The number of hydrogen-bond donors (Lipinski definition) is 0. The van der Waals surface area contributed by atoms with Crippen LogP contribution in [-0.4, -0.2) is 0 Å². The van der Waals surface area contributed by atoms with E-state index in [1.165, 1.54) is 15.9 Å². The molecule has 0 aliphatic carbocycles. The molecule has 0 fully saturated rings. The summed E-state index contributed by atoms with van der Waals surface area (Å²) in [7, 11) is -0.446. The van der Waals surface area contributed by atoms with Crippen molar-refractivity contribution < 1.29 is 26.7 Å². The molecule has 0 aliphatic heterocycles. The van der Waals surface area contributed by atoms with Gasteiger partial charge in [0.15, 0.2) is 0 Å². The van der Waals surface area contributed by atoms with Gasteiger partial charge in [0.1, 0.15) is 0 Å². The third-order valence-corrected chi connectivity index (χ3v) is 6.15. The first-order valence-electron chi connectivity index (χ1n) is 8.81. The quantitative estimate of drug-likeness (QED) is 0.239.